The van der Waals surface area contributed by atoms with Crippen molar-refractivity contribution in [2.24, 2.45) is 5.41 Å². The molecule has 0 aromatic carbocycles. The molecule has 0 amide bonds. The van der Waals surface area contributed by atoms with Gasteiger partial charge < -0.3 is 15.3 Å². The number of hydrogen-bond acceptors (Lipinski definition) is 3. The number of hydrogen-bond donors (Lipinski definition) is 3. The minimum atomic E-state index is -1.40. The molecule has 0 aromatic rings. The van der Waals surface area contributed by atoms with E-state index >= 15 is 0 Å². The molecule has 0 spiro atoms. The molecule has 0 bridgehead atoms. The van der Waals surface area contributed by atoms with E-state index in [0.717, 1.165) is 32.1 Å². The third kappa shape index (κ3) is 7.28. The highest BCUT2D eigenvalue weighted by atomic mass is 16.4. The molecule has 0 aliphatic carbocycles. The molecule has 0 aliphatic heterocycles. The number of rotatable bonds is 12. The van der Waals surface area contributed by atoms with Gasteiger partial charge in [-0.2, -0.15) is 0 Å². The molecule has 116 valence electrons. The molecule has 0 rings (SSSR count). The van der Waals surface area contributed by atoms with Crippen molar-refractivity contribution in [1.82, 2.24) is 0 Å². The molecule has 0 saturated heterocycles. The average molecular weight is 286 g/mol. The topological polar surface area (TPSA) is 94.8 Å². The predicted molar refractivity (Wildman–Crippen MR) is 76.5 cm³/mol. The minimum absolute atomic E-state index is 0.136. The van der Waals surface area contributed by atoms with Crippen molar-refractivity contribution in [3.05, 3.63) is 12.2 Å². The van der Waals surface area contributed by atoms with Gasteiger partial charge in [0.2, 0.25) is 0 Å². The normalized spacial score (nSPS) is 14.3. The average Bonchev–Trinajstić information content (AvgIpc) is 2.38. The molecular weight excluding hydrogens is 260 g/mol. The third-order valence-corrected chi connectivity index (χ3v) is 3.33. The fourth-order valence-electron chi connectivity index (χ4n) is 2.15. The molecule has 0 saturated carbocycles. The number of allylic oxidation sites excluding steroid dienone is 1. The highest BCUT2D eigenvalue weighted by molar-refractivity contribution is 5.83. The van der Waals surface area contributed by atoms with Gasteiger partial charge in [-0.15, -0.1) is 0 Å². The summed E-state index contributed by atoms with van der Waals surface area (Å²) in [4.78, 5) is 22.3. The van der Waals surface area contributed by atoms with Crippen LogP contribution in [0, 0.1) is 5.41 Å². The van der Waals surface area contributed by atoms with Crippen LogP contribution in [-0.2, 0) is 9.59 Å². The van der Waals surface area contributed by atoms with Gasteiger partial charge in [-0.1, -0.05) is 38.3 Å². The van der Waals surface area contributed by atoms with Crippen LogP contribution in [-0.4, -0.2) is 33.9 Å². The molecule has 5 nitrogen and oxygen atoms in total. The Morgan fingerprint density at radius 1 is 1.10 bits per heavy atom. The smallest absolute Gasteiger partial charge is 0.314 e. The van der Waals surface area contributed by atoms with Crippen molar-refractivity contribution >= 4 is 11.9 Å². The Morgan fingerprint density at radius 3 is 2.30 bits per heavy atom. The molecule has 3 N–H and O–H groups in total. The molecule has 0 radical (unpaired) electrons. The van der Waals surface area contributed by atoms with E-state index in [9.17, 15) is 14.7 Å². The second-order valence-electron chi connectivity index (χ2n) is 5.11. The Labute approximate surface area is 120 Å². The van der Waals surface area contributed by atoms with Crippen molar-refractivity contribution in [2.75, 3.05) is 6.61 Å². The third-order valence-electron chi connectivity index (χ3n) is 3.33. The zero-order chi connectivity index (χ0) is 15.4. The van der Waals surface area contributed by atoms with Crippen LogP contribution in [0.15, 0.2) is 12.2 Å². The maximum atomic E-state index is 11.4. The Bertz CT molecular complexity index is 324. The minimum Gasteiger partial charge on any atom is -0.481 e. The van der Waals surface area contributed by atoms with Gasteiger partial charge in [0.05, 0.1) is 11.8 Å². The molecule has 20 heavy (non-hydrogen) atoms. The monoisotopic (exact) mass is 286 g/mol. The van der Waals surface area contributed by atoms with E-state index in [2.05, 4.69) is 6.92 Å². The zero-order valence-corrected chi connectivity index (χ0v) is 12.2. The first kappa shape index (κ1) is 18.6. The summed E-state index contributed by atoms with van der Waals surface area (Å²) in [7, 11) is 0. The summed E-state index contributed by atoms with van der Waals surface area (Å²) in [5.41, 5.74) is -1.40. The van der Waals surface area contributed by atoms with Gasteiger partial charge >= 0.3 is 11.9 Å². The van der Waals surface area contributed by atoms with Crippen LogP contribution < -0.4 is 0 Å². The van der Waals surface area contributed by atoms with Gasteiger partial charge in [-0.3, -0.25) is 9.59 Å². The van der Waals surface area contributed by atoms with Gasteiger partial charge in [0.1, 0.15) is 0 Å². The Kier molecular flexibility index (Phi) is 9.72. The lowest BCUT2D eigenvalue weighted by atomic mass is 9.79. The molecule has 1 unspecified atom stereocenters. The number of aliphatic hydroxyl groups is 1. The second kappa shape index (κ2) is 10.4. The fourth-order valence-corrected chi connectivity index (χ4v) is 2.15. The highest BCUT2D eigenvalue weighted by Crippen LogP contribution is 2.31. The van der Waals surface area contributed by atoms with Crippen molar-refractivity contribution < 1.29 is 24.9 Å². The summed E-state index contributed by atoms with van der Waals surface area (Å²) in [6, 6.07) is 0. The fraction of sp³-hybridized carbons (Fsp3) is 0.733. The van der Waals surface area contributed by atoms with Crippen molar-refractivity contribution in [1.29, 1.82) is 0 Å². The summed E-state index contributed by atoms with van der Waals surface area (Å²) in [5.74, 6) is -2.28. The Hall–Kier alpha value is -1.36. The second-order valence-corrected chi connectivity index (χ2v) is 5.11. The van der Waals surface area contributed by atoms with Crippen LogP contribution in [0.5, 0.6) is 0 Å². The van der Waals surface area contributed by atoms with Crippen LogP contribution >= 0.6 is 0 Å². The maximum Gasteiger partial charge on any atom is 0.314 e. The van der Waals surface area contributed by atoms with Gasteiger partial charge in [-0.25, -0.2) is 0 Å². The number of aliphatic hydroxyl groups excluding tert-OH is 1. The lowest BCUT2D eigenvalue weighted by Gasteiger charge is -2.24. The van der Waals surface area contributed by atoms with Crippen LogP contribution in [0.1, 0.15) is 58.3 Å². The first-order valence-electron chi connectivity index (χ1n) is 7.22. The molecule has 0 fully saturated rings. The SMILES string of the molecule is CCCCCCC=CC(CCCO)(CC(=O)O)C(=O)O. The lowest BCUT2D eigenvalue weighted by molar-refractivity contribution is -0.153. The van der Waals surface area contributed by atoms with Gasteiger partial charge in [-0.05, 0) is 25.7 Å². The first-order chi connectivity index (χ1) is 9.48. The summed E-state index contributed by atoms with van der Waals surface area (Å²) in [6.45, 7) is 1.98. The number of carboxylic acids is 2. The summed E-state index contributed by atoms with van der Waals surface area (Å²) >= 11 is 0. The predicted octanol–water partition coefficient (Wildman–Crippen LogP) is 2.83. The van der Waals surface area contributed by atoms with Gasteiger partial charge in [0.15, 0.2) is 0 Å². The van der Waals surface area contributed by atoms with Gasteiger partial charge in [0, 0.05) is 6.61 Å². The molecule has 1 atom stereocenters. The molecule has 0 heterocycles. The molecule has 0 aliphatic rings. The standard InChI is InChI=1S/C15H26O5/c1-2-3-4-5-6-7-9-15(14(19)20,10-8-11-16)12-13(17)18/h7,9,16H,2-6,8,10-12H2,1H3,(H,17,18)(H,19,20). The number of carboxylic acid groups (broad SMARTS) is 2. The van der Waals surface area contributed by atoms with E-state index < -0.39 is 23.8 Å². The Morgan fingerprint density at radius 2 is 1.80 bits per heavy atom. The summed E-state index contributed by atoms with van der Waals surface area (Å²) < 4.78 is 0. The first-order valence-corrected chi connectivity index (χ1v) is 7.22. The lowest BCUT2D eigenvalue weighted by Crippen LogP contribution is -2.32. The zero-order valence-electron chi connectivity index (χ0n) is 12.2. The van der Waals surface area contributed by atoms with Crippen molar-refractivity contribution in [2.45, 2.75) is 58.3 Å². The van der Waals surface area contributed by atoms with E-state index in [1.165, 1.54) is 6.08 Å². The maximum absolute atomic E-state index is 11.4. The quantitative estimate of drug-likeness (QED) is 0.379. The van der Waals surface area contributed by atoms with Crippen molar-refractivity contribution in [3.8, 4) is 0 Å². The van der Waals surface area contributed by atoms with Gasteiger partial charge in [0.25, 0.3) is 0 Å². The van der Waals surface area contributed by atoms with E-state index in [1.807, 2.05) is 0 Å². The van der Waals surface area contributed by atoms with E-state index in [-0.39, 0.29) is 19.4 Å². The van der Waals surface area contributed by atoms with E-state index in [0.29, 0.717) is 0 Å². The van der Waals surface area contributed by atoms with E-state index in [1.54, 1.807) is 6.08 Å². The number of aliphatic carboxylic acids is 2. The summed E-state index contributed by atoms with van der Waals surface area (Å²) in [6.07, 6.45) is 8.35. The van der Waals surface area contributed by atoms with Crippen LogP contribution in [0.2, 0.25) is 0 Å². The van der Waals surface area contributed by atoms with E-state index in [4.69, 9.17) is 10.2 Å². The molecule has 5 heteroatoms. The summed E-state index contributed by atoms with van der Waals surface area (Å²) in [5, 5.41) is 27.1. The van der Waals surface area contributed by atoms with Crippen LogP contribution in [0.25, 0.3) is 0 Å². The van der Waals surface area contributed by atoms with Crippen molar-refractivity contribution in [3.63, 3.8) is 0 Å². The van der Waals surface area contributed by atoms with Crippen LogP contribution in [0.4, 0.5) is 0 Å². The highest BCUT2D eigenvalue weighted by Gasteiger charge is 2.37. The number of carbonyl (C=O) groups is 2. The molecular formula is C15H26O5. The van der Waals surface area contributed by atoms with Crippen LogP contribution in [0.3, 0.4) is 0 Å². The number of unbranched alkanes of at least 4 members (excludes halogenated alkanes) is 4. The Balaban J connectivity index is 4.67. The largest absolute Gasteiger partial charge is 0.481 e. The molecule has 0 aromatic heterocycles.